The third-order valence-electron chi connectivity index (χ3n) is 4.79. The number of ether oxygens (including phenoxy) is 1. The Bertz CT molecular complexity index is 777. The average molecular weight is 385 g/mol. The molecule has 4 atom stereocenters. The molecule has 11 heteroatoms. The number of aromatic amines is 1. The number of nitrogens with two attached hydrogens (primary N) is 2. The van der Waals surface area contributed by atoms with Crippen molar-refractivity contribution in [2.75, 3.05) is 26.2 Å². The Morgan fingerprint density at radius 1 is 1.41 bits per heavy atom. The lowest BCUT2D eigenvalue weighted by molar-refractivity contribution is -0.154. The predicted octanol–water partition coefficient (Wildman–Crippen LogP) is -3.32. The van der Waals surface area contributed by atoms with Crippen LogP contribution in [-0.4, -0.2) is 64.1 Å². The maximum atomic E-state index is 12.5. The molecule has 0 aliphatic carbocycles. The molecular formula is C16H27N5O6. The molecule has 1 aliphatic rings. The van der Waals surface area contributed by atoms with Crippen LogP contribution in [0.3, 0.4) is 0 Å². The highest BCUT2D eigenvalue weighted by atomic mass is 16.6. The normalized spacial score (nSPS) is 27.7. The number of H-pyrrole nitrogens is 1. The summed E-state index contributed by atoms with van der Waals surface area (Å²) < 4.78 is 6.98. The SMILES string of the molecule is Cc1cn([C@]2(CC(=O)NCCN)O[C@H](CO)[C@@H](O)C2CCN)c(=O)[nH]c1=O. The Hall–Kier alpha value is -2.05. The molecule has 1 aromatic heterocycles. The van der Waals surface area contributed by atoms with Crippen LogP contribution in [0.1, 0.15) is 18.4 Å². The van der Waals surface area contributed by atoms with Crippen LogP contribution in [0.4, 0.5) is 0 Å². The summed E-state index contributed by atoms with van der Waals surface area (Å²) in [6.07, 6.45) is -0.973. The van der Waals surface area contributed by atoms with E-state index in [0.717, 1.165) is 4.57 Å². The van der Waals surface area contributed by atoms with Gasteiger partial charge in [0.1, 0.15) is 6.10 Å². The molecule has 11 nitrogen and oxygen atoms in total. The fraction of sp³-hybridized carbons (Fsp3) is 0.688. The van der Waals surface area contributed by atoms with E-state index in [1.54, 1.807) is 0 Å². The number of aliphatic hydroxyl groups is 2. The van der Waals surface area contributed by atoms with Crippen LogP contribution in [0.2, 0.25) is 0 Å². The highest BCUT2D eigenvalue weighted by molar-refractivity contribution is 5.76. The van der Waals surface area contributed by atoms with Crippen LogP contribution < -0.4 is 28.0 Å². The first-order valence-corrected chi connectivity index (χ1v) is 8.77. The summed E-state index contributed by atoms with van der Waals surface area (Å²) in [5.41, 5.74) is 8.33. The fourth-order valence-electron chi connectivity index (χ4n) is 3.51. The molecule has 0 aromatic carbocycles. The molecule has 1 aliphatic heterocycles. The number of hydrogen-bond acceptors (Lipinski definition) is 8. The molecule has 27 heavy (non-hydrogen) atoms. The number of amides is 1. The Balaban J connectivity index is 2.61. The van der Waals surface area contributed by atoms with Crippen molar-refractivity contribution in [3.63, 3.8) is 0 Å². The first-order valence-electron chi connectivity index (χ1n) is 8.77. The van der Waals surface area contributed by atoms with Crippen LogP contribution in [0.25, 0.3) is 0 Å². The first kappa shape index (κ1) is 21.3. The summed E-state index contributed by atoms with van der Waals surface area (Å²) in [6.45, 7) is 1.61. The molecule has 1 unspecified atom stereocenters. The van der Waals surface area contributed by atoms with Crippen molar-refractivity contribution in [1.82, 2.24) is 14.9 Å². The van der Waals surface area contributed by atoms with Gasteiger partial charge in [-0.05, 0) is 19.9 Å². The van der Waals surface area contributed by atoms with Crippen LogP contribution >= 0.6 is 0 Å². The summed E-state index contributed by atoms with van der Waals surface area (Å²) in [5, 5.41) is 22.8. The molecule has 1 fully saturated rings. The minimum Gasteiger partial charge on any atom is -0.394 e. The summed E-state index contributed by atoms with van der Waals surface area (Å²) in [5.74, 6) is -1.21. The van der Waals surface area contributed by atoms with Crippen molar-refractivity contribution in [3.05, 3.63) is 32.6 Å². The molecule has 1 amide bonds. The van der Waals surface area contributed by atoms with E-state index in [1.165, 1.54) is 13.1 Å². The van der Waals surface area contributed by atoms with E-state index < -0.39 is 47.6 Å². The maximum absolute atomic E-state index is 12.5. The van der Waals surface area contributed by atoms with E-state index >= 15 is 0 Å². The minimum absolute atomic E-state index is 0.159. The first-order chi connectivity index (χ1) is 12.8. The number of nitrogens with zero attached hydrogens (tertiary/aromatic N) is 1. The van der Waals surface area contributed by atoms with Gasteiger partial charge in [-0.1, -0.05) is 0 Å². The molecule has 0 saturated carbocycles. The number of aliphatic hydroxyl groups excluding tert-OH is 2. The van der Waals surface area contributed by atoms with Crippen LogP contribution in [0.5, 0.6) is 0 Å². The summed E-state index contributed by atoms with van der Waals surface area (Å²) in [7, 11) is 0. The van der Waals surface area contributed by atoms with Gasteiger partial charge in [0.2, 0.25) is 5.91 Å². The van der Waals surface area contributed by atoms with Crippen molar-refractivity contribution >= 4 is 5.91 Å². The average Bonchev–Trinajstić information content (AvgIpc) is 2.89. The van der Waals surface area contributed by atoms with Crippen molar-refractivity contribution in [3.8, 4) is 0 Å². The predicted molar refractivity (Wildman–Crippen MR) is 95.8 cm³/mol. The number of aryl methyl sites for hydroxylation is 1. The van der Waals surface area contributed by atoms with Crippen molar-refractivity contribution in [2.45, 2.75) is 37.7 Å². The van der Waals surface area contributed by atoms with Gasteiger partial charge in [-0.3, -0.25) is 19.1 Å². The minimum atomic E-state index is -1.61. The Labute approximate surface area is 155 Å². The van der Waals surface area contributed by atoms with E-state index in [9.17, 15) is 24.6 Å². The van der Waals surface area contributed by atoms with Gasteiger partial charge in [0.25, 0.3) is 5.56 Å². The molecule has 2 rings (SSSR count). The highest BCUT2D eigenvalue weighted by Crippen LogP contribution is 2.44. The van der Waals surface area contributed by atoms with E-state index in [-0.39, 0.29) is 38.0 Å². The zero-order chi connectivity index (χ0) is 20.2. The monoisotopic (exact) mass is 385 g/mol. The van der Waals surface area contributed by atoms with E-state index in [0.29, 0.717) is 0 Å². The number of hydrogen-bond donors (Lipinski definition) is 6. The smallest absolute Gasteiger partial charge is 0.330 e. The molecule has 1 saturated heterocycles. The van der Waals surface area contributed by atoms with Crippen LogP contribution in [0, 0.1) is 12.8 Å². The van der Waals surface area contributed by atoms with E-state index in [2.05, 4.69) is 10.3 Å². The third-order valence-corrected chi connectivity index (χ3v) is 4.79. The van der Waals surface area contributed by atoms with Gasteiger partial charge < -0.3 is 31.7 Å². The molecule has 1 aromatic rings. The van der Waals surface area contributed by atoms with Gasteiger partial charge in [0.15, 0.2) is 5.72 Å². The Kier molecular flexibility index (Phi) is 6.89. The van der Waals surface area contributed by atoms with Crippen molar-refractivity contribution in [2.24, 2.45) is 17.4 Å². The van der Waals surface area contributed by atoms with Gasteiger partial charge in [0, 0.05) is 30.8 Å². The lowest BCUT2D eigenvalue weighted by Gasteiger charge is -2.36. The van der Waals surface area contributed by atoms with Crippen LogP contribution in [-0.2, 0) is 15.3 Å². The lowest BCUT2D eigenvalue weighted by atomic mass is 9.85. The molecule has 0 spiro atoms. The zero-order valence-electron chi connectivity index (χ0n) is 15.2. The topological polar surface area (TPSA) is 186 Å². The Morgan fingerprint density at radius 3 is 2.70 bits per heavy atom. The number of rotatable bonds is 8. The molecular weight excluding hydrogens is 358 g/mol. The number of nitrogens with one attached hydrogen (secondary N) is 2. The number of carbonyl (C=O) groups is 1. The fourth-order valence-corrected chi connectivity index (χ4v) is 3.51. The van der Waals surface area contributed by atoms with Gasteiger partial charge in [-0.25, -0.2) is 4.79 Å². The van der Waals surface area contributed by atoms with E-state index in [1.807, 2.05) is 0 Å². The van der Waals surface area contributed by atoms with Crippen molar-refractivity contribution in [1.29, 1.82) is 0 Å². The zero-order valence-corrected chi connectivity index (χ0v) is 15.2. The second-order valence-electron chi connectivity index (χ2n) is 6.61. The molecule has 8 N–H and O–H groups in total. The largest absolute Gasteiger partial charge is 0.394 e. The summed E-state index contributed by atoms with van der Waals surface area (Å²) in [4.78, 5) is 38.9. The second kappa shape index (κ2) is 8.76. The molecule has 2 heterocycles. The number of aromatic nitrogens is 2. The second-order valence-corrected chi connectivity index (χ2v) is 6.61. The van der Waals surface area contributed by atoms with Crippen LogP contribution in [0.15, 0.2) is 15.8 Å². The summed E-state index contributed by atoms with van der Waals surface area (Å²) >= 11 is 0. The quantitative estimate of drug-likeness (QED) is 0.268. The highest BCUT2D eigenvalue weighted by Gasteiger charge is 2.56. The van der Waals surface area contributed by atoms with Gasteiger partial charge >= 0.3 is 5.69 Å². The lowest BCUT2D eigenvalue weighted by Crippen LogP contribution is -2.52. The van der Waals surface area contributed by atoms with Gasteiger partial charge in [-0.15, -0.1) is 0 Å². The van der Waals surface area contributed by atoms with E-state index in [4.69, 9.17) is 16.2 Å². The van der Waals surface area contributed by atoms with Gasteiger partial charge in [0.05, 0.1) is 19.1 Å². The third kappa shape index (κ3) is 4.12. The summed E-state index contributed by atoms with van der Waals surface area (Å²) in [6, 6.07) is 0. The Morgan fingerprint density at radius 2 is 2.11 bits per heavy atom. The molecule has 152 valence electrons. The standard InChI is InChI=1S/C16H27N5O6/c1-9-7-21(15(26)20-14(9)25)16(6-12(23)19-5-4-18)10(2-3-17)13(24)11(8-22)27-16/h7,10-11,13,22,24H,2-6,8,17-18H2,1H3,(H,19,23)(H,20,25,26)/t10?,11-,13+,16-/m1/s1. The molecule has 0 bridgehead atoms. The maximum Gasteiger partial charge on any atom is 0.330 e. The number of carbonyl (C=O) groups excluding carboxylic acids is 1. The van der Waals surface area contributed by atoms with Crippen molar-refractivity contribution < 1.29 is 19.7 Å². The molecule has 0 radical (unpaired) electrons. The van der Waals surface area contributed by atoms with Gasteiger partial charge in [-0.2, -0.15) is 0 Å².